The molecule has 5 nitrogen and oxygen atoms in total. The number of carbonyl (C=O) groups excluding carboxylic acids is 1. The topological polar surface area (TPSA) is 83.6 Å². The summed E-state index contributed by atoms with van der Waals surface area (Å²) >= 11 is 0. The zero-order valence-corrected chi connectivity index (χ0v) is 9.25. The summed E-state index contributed by atoms with van der Waals surface area (Å²) in [5.74, 6) is -1.12. The fourth-order valence-electron chi connectivity index (χ4n) is 1.92. The summed E-state index contributed by atoms with van der Waals surface area (Å²) in [6.45, 7) is 1.44. The summed E-state index contributed by atoms with van der Waals surface area (Å²) in [5, 5.41) is 9.24. The van der Waals surface area contributed by atoms with Gasteiger partial charge in [-0.1, -0.05) is 24.3 Å². The van der Waals surface area contributed by atoms with Gasteiger partial charge in [0.25, 0.3) is 0 Å². The van der Waals surface area contributed by atoms with Crippen molar-refractivity contribution >= 4 is 23.8 Å². The quantitative estimate of drug-likeness (QED) is 0.768. The van der Waals surface area contributed by atoms with E-state index in [1.807, 2.05) is 6.07 Å². The van der Waals surface area contributed by atoms with Gasteiger partial charge in [0.2, 0.25) is 0 Å². The SMILES string of the molecule is CC1(C(=O)O)C=Cc2ccccc2N1C(N)=O. The van der Waals surface area contributed by atoms with Crippen LogP contribution < -0.4 is 10.6 Å². The van der Waals surface area contributed by atoms with Crippen molar-refractivity contribution in [1.29, 1.82) is 0 Å². The number of hydrogen-bond donors (Lipinski definition) is 2. The monoisotopic (exact) mass is 232 g/mol. The first kappa shape index (κ1) is 11.2. The average molecular weight is 232 g/mol. The van der Waals surface area contributed by atoms with Gasteiger partial charge in [-0.3, -0.25) is 4.90 Å². The van der Waals surface area contributed by atoms with E-state index in [2.05, 4.69) is 0 Å². The van der Waals surface area contributed by atoms with E-state index in [-0.39, 0.29) is 0 Å². The van der Waals surface area contributed by atoms with Crippen molar-refractivity contribution in [3.8, 4) is 0 Å². The molecule has 2 amide bonds. The second kappa shape index (κ2) is 3.62. The van der Waals surface area contributed by atoms with E-state index in [1.54, 1.807) is 24.3 Å². The number of para-hydroxylation sites is 1. The number of rotatable bonds is 1. The zero-order chi connectivity index (χ0) is 12.6. The minimum atomic E-state index is -1.44. The number of urea groups is 1. The van der Waals surface area contributed by atoms with Crippen molar-refractivity contribution in [2.75, 3.05) is 4.90 Å². The largest absolute Gasteiger partial charge is 0.479 e. The highest BCUT2D eigenvalue weighted by Gasteiger charge is 2.43. The first-order chi connectivity index (χ1) is 7.97. The van der Waals surface area contributed by atoms with Crippen LogP contribution in [0.3, 0.4) is 0 Å². The maximum Gasteiger partial charge on any atom is 0.333 e. The number of carboxylic acids is 1. The van der Waals surface area contributed by atoms with Gasteiger partial charge in [-0.15, -0.1) is 0 Å². The highest BCUT2D eigenvalue weighted by Crippen LogP contribution is 2.34. The van der Waals surface area contributed by atoms with E-state index in [0.29, 0.717) is 5.69 Å². The molecule has 0 saturated carbocycles. The third kappa shape index (κ3) is 1.56. The van der Waals surface area contributed by atoms with Crippen molar-refractivity contribution in [2.45, 2.75) is 12.5 Å². The molecule has 1 heterocycles. The number of benzene rings is 1. The third-order valence-corrected chi connectivity index (χ3v) is 2.88. The maximum atomic E-state index is 11.5. The van der Waals surface area contributed by atoms with E-state index in [1.165, 1.54) is 13.0 Å². The van der Waals surface area contributed by atoms with Crippen LogP contribution in [0.15, 0.2) is 30.3 Å². The molecule has 5 heteroatoms. The van der Waals surface area contributed by atoms with E-state index >= 15 is 0 Å². The first-order valence-electron chi connectivity index (χ1n) is 5.08. The van der Waals surface area contributed by atoms with Crippen LogP contribution in [0.25, 0.3) is 6.08 Å². The molecule has 1 atom stereocenters. The van der Waals surface area contributed by atoms with Crippen LogP contribution in [0.4, 0.5) is 10.5 Å². The zero-order valence-electron chi connectivity index (χ0n) is 9.25. The van der Waals surface area contributed by atoms with E-state index in [0.717, 1.165) is 10.5 Å². The second-order valence-corrected chi connectivity index (χ2v) is 4.02. The van der Waals surface area contributed by atoms with Gasteiger partial charge >= 0.3 is 12.0 Å². The van der Waals surface area contributed by atoms with Crippen molar-refractivity contribution < 1.29 is 14.7 Å². The number of carboxylic acid groups (broad SMARTS) is 1. The Kier molecular flexibility index (Phi) is 2.38. The molecule has 1 aromatic carbocycles. The average Bonchev–Trinajstić information content (AvgIpc) is 2.28. The number of carbonyl (C=O) groups is 2. The van der Waals surface area contributed by atoms with Crippen molar-refractivity contribution in [3.05, 3.63) is 35.9 Å². The van der Waals surface area contributed by atoms with Gasteiger partial charge in [-0.05, 0) is 24.6 Å². The van der Waals surface area contributed by atoms with Crippen LogP contribution >= 0.6 is 0 Å². The number of primary amides is 1. The Bertz CT molecular complexity index is 524. The Labute approximate surface area is 98.1 Å². The molecule has 1 unspecified atom stereocenters. The minimum absolute atomic E-state index is 0.507. The van der Waals surface area contributed by atoms with Crippen molar-refractivity contribution in [3.63, 3.8) is 0 Å². The smallest absolute Gasteiger partial charge is 0.333 e. The Balaban J connectivity index is 2.65. The lowest BCUT2D eigenvalue weighted by atomic mass is 9.92. The van der Waals surface area contributed by atoms with Crippen LogP contribution in [-0.4, -0.2) is 22.6 Å². The molecule has 3 N–H and O–H groups in total. The van der Waals surface area contributed by atoms with Gasteiger partial charge in [0.15, 0.2) is 5.54 Å². The maximum absolute atomic E-state index is 11.5. The van der Waals surface area contributed by atoms with Crippen molar-refractivity contribution in [2.24, 2.45) is 5.73 Å². The van der Waals surface area contributed by atoms with Gasteiger partial charge in [-0.25, -0.2) is 9.59 Å². The summed E-state index contributed by atoms with van der Waals surface area (Å²) in [6.07, 6.45) is 3.14. The number of hydrogen-bond acceptors (Lipinski definition) is 2. The van der Waals surface area contributed by atoms with Crippen LogP contribution in [-0.2, 0) is 4.79 Å². The van der Waals surface area contributed by atoms with Gasteiger partial charge in [0.1, 0.15) is 0 Å². The lowest BCUT2D eigenvalue weighted by molar-refractivity contribution is -0.140. The lowest BCUT2D eigenvalue weighted by Gasteiger charge is -2.37. The molecule has 0 aliphatic carbocycles. The van der Waals surface area contributed by atoms with E-state index < -0.39 is 17.5 Å². The molecule has 88 valence electrons. The molecular formula is C12H12N2O3. The molecule has 0 spiro atoms. The summed E-state index contributed by atoms with van der Waals surface area (Å²) in [6, 6.07) is 6.22. The Morgan fingerprint density at radius 1 is 1.35 bits per heavy atom. The highest BCUT2D eigenvalue weighted by atomic mass is 16.4. The van der Waals surface area contributed by atoms with Gasteiger partial charge in [-0.2, -0.15) is 0 Å². The summed E-state index contributed by atoms with van der Waals surface area (Å²) < 4.78 is 0. The number of amides is 2. The van der Waals surface area contributed by atoms with Gasteiger partial charge in [0, 0.05) is 0 Å². The number of anilines is 1. The molecule has 0 saturated heterocycles. The fourth-order valence-corrected chi connectivity index (χ4v) is 1.92. The minimum Gasteiger partial charge on any atom is -0.479 e. The summed E-state index contributed by atoms with van der Waals surface area (Å²) in [7, 11) is 0. The molecule has 1 aliphatic rings. The molecule has 17 heavy (non-hydrogen) atoms. The predicted octanol–water partition coefficient (Wildman–Crippen LogP) is 1.44. The number of fused-ring (bicyclic) bond motifs is 1. The molecule has 2 rings (SSSR count). The number of nitrogens with zero attached hydrogens (tertiary/aromatic N) is 1. The van der Waals surface area contributed by atoms with Crippen molar-refractivity contribution in [1.82, 2.24) is 0 Å². The van der Waals surface area contributed by atoms with E-state index in [9.17, 15) is 14.7 Å². The first-order valence-corrected chi connectivity index (χ1v) is 5.08. The standard InChI is InChI=1S/C12H12N2O3/c1-12(10(15)16)7-6-8-4-2-3-5-9(8)14(12)11(13)17/h2-7H,1H3,(H2,13,17)(H,15,16). The normalized spacial score (nSPS) is 22.1. The second-order valence-electron chi connectivity index (χ2n) is 4.02. The molecule has 0 fully saturated rings. The Morgan fingerprint density at radius 2 is 2.00 bits per heavy atom. The highest BCUT2D eigenvalue weighted by molar-refractivity contribution is 6.04. The molecule has 0 aromatic heterocycles. The van der Waals surface area contributed by atoms with Gasteiger partial charge in [0.05, 0.1) is 5.69 Å². The van der Waals surface area contributed by atoms with Crippen LogP contribution in [0.2, 0.25) is 0 Å². The number of nitrogens with two attached hydrogens (primary N) is 1. The van der Waals surface area contributed by atoms with Gasteiger partial charge < -0.3 is 10.8 Å². The molecule has 1 aliphatic heterocycles. The molecule has 1 aromatic rings. The number of aliphatic carboxylic acids is 1. The van der Waals surface area contributed by atoms with Crippen LogP contribution in [0.1, 0.15) is 12.5 Å². The fraction of sp³-hybridized carbons (Fsp3) is 0.167. The van der Waals surface area contributed by atoms with Crippen LogP contribution in [0.5, 0.6) is 0 Å². The van der Waals surface area contributed by atoms with E-state index in [4.69, 9.17) is 5.73 Å². The lowest BCUT2D eigenvalue weighted by Crippen LogP contribution is -2.57. The Hall–Kier alpha value is -2.30. The summed E-state index contributed by atoms with van der Waals surface area (Å²) in [4.78, 5) is 23.9. The predicted molar refractivity (Wildman–Crippen MR) is 63.6 cm³/mol. The third-order valence-electron chi connectivity index (χ3n) is 2.88. The summed E-state index contributed by atoms with van der Waals surface area (Å²) in [5.41, 5.74) is 5.12. The molecule has 0 bridgehead atoms. The molecule has 0 radical (unpaired) electrons. The Morgan fingerprint density at radius 3 is 2.59 bits per heavy atom. The molecular weight excluding hydrogens is 220 g/mol. The van der Waals surface area contributed by atoms with Crippen LogP contribution in [0, 0.1) is 0 Å².